The van der Waals surface area contributed by atoms with E-state index in [0.29, 0.717) is 0 Å². The number of rotatable bonds is 3. The molecule has 0 bridgehead atoms. The number of benzene rings is 1. The predicted octanol–water partition coefficient (Wildman–Crippen LogP) is 2.96. The summed E-state index contributed by atoms with van der Waals surface area (Å²) in [6, 6.07) is 7.53. The molecule has 0 spiro atoms. The summed E-state index contributed by atoms with van der Waals surface area (Å²) in [7, 11) is 1.66. The Morgan fingerprint density at radius 2 is 2.00 bits per heavy atom. The second-order valence-electron chi connectivity index (χ2n) is 2.19. The van der Waals surface area contributed by atoms with E-state index in [1.165, 1.54) is 0 Å². The van der Waals surface area contributed by atoms with Gasteiger partial charge in [0.05, 0.1) is 7.11 Å². The van der Waals surface area contributed by atoms with Crippen molar-refractivity contribution in [3.05, 3.63) is 35.6 Å². The first-order chi connectivity index (χ1) is 5.86. The lowest BCUT2D eigenvalue weighted by Gasteiger charge is -1.97. The van der Waals surface area contributed by atoms with Gasteiger partial charge in [0.2, 0.25) is 0 Å². The molecule has 0 saturated carbocycles. The number of ether oxygens (including phenoxy) is 1. The van der Waals surface area contributed by atoms with Crippen molar-refractivity contribution in [3.63, 3.8) is 0 Å². The third-order valence-electron chi connectivity index (χ3n) is 1.44. The molecule has 3 heteroatoms. The van der Waals surface area contributed by atoms with Gasteiger partial charge in [-0.15, -0.1) is 0 Å². The molecule has 1 aromatic carbocycles. The van der Waals surface area contributed by atoms with Gasteiger partial charge in [0, 0.05) is 5.82 Å². The summed E-state index contributed by atoms with van der Waals surface area (Å²) >= 11 is 0. The van der Waals surface area contributed by atoms with Crippen LogP contribution < -0.4 is 4.74 Å². The molecular formula is C9H9O2P. The maximum atomic E-state index is 10.1. The van der Waals surface area contributed by atoms with Crippen LogP contribution in [0, 0.1) is 0 Å². The van der Waals surface area contributed by atoms with Crippen molar-refractivity contribution in [2.45, 2.75) is 0 Å². The first-order valence-electron chi connectivity index (χ1n) is 3.50. The molecule has 0 radical (unpaired) electrons. The first-order valence-corrected chi connectivity index (χ1v) is 4.38. The fourth-order valence-electron chi connectivity index (χ4n) is 0.832. The van der Waals surface area contributed by atoms with Gasteiger partial charge in [0.15, 0.2) is 8.46 Å². The minimum atomic E-state index is 0.0318. The van der Waals surface area contributed by atoms with Crippen molar-refractivity contribution in [1.29, 1.82) is 0 Å². The first kappa shape index (κ1) is 8.95. The van der Waals surface area contributed by atoms with Crippen LogP contribution in [0.1, 0.15) is 5.56 Å². The quantitative estimate of drug-likeness (QED) is 0.668. The summed E-state index contributed by atoms with van der Waals surface area (Å²) in [6.45, 7) is 0. The second kappa shape index (κ2) is 4.68. The van der Waals surface area contributed by atoms with Crippen molar-refractivity contribution in [2.75, 3.05) is 7.11 Å². The maximum Gasteiger partial charge on any atom is 0.184 e. The van der Waals surface area contributed by atoms with Gasteiger partial charge in [0.25, 0.3) is 0 Å². The fraction of sp³-hybridized carbons (Fsp3) is 0.111. The molecule has 0 fully saturated rings. The summed E-state index contributed by atoms with van der Waals surface area (Å²) in [4.78, 5) is 0. The van der Waals surface area contributed by atoms with Crippen molar-refractivity contribution >= 4 is 14.5 Å². The molecule has 62 valence electrons. The fourth-order valence-corrected chi connectivity index (χ4v) is 1.06. The molecule has 0 amide bonds. The van der Waals surface area contributed by atoms with Crippen LogP contribution in [0.2, 0.25) is 0 Å². The lowest BCUT2D eigenvalue weighted by molar-refractivity contribution is 0.415. The molecule has 1 rings (SSSR count). The van der Waals surface area contributed by atoms with Gasteiger partial charge < -0.3 is 4.74 Å². The topological polar surface area (TPSA) is 26.3 Å². The summed E-state index contributed by atoms with van der Waals surface area (Å²) in [5.41, 5.74) is 1.01. The minimum Gasteiger partial charge on any atom is -0.497 e. The van der Waals surface area contributed by atoms with Crippen LogP contribution in [0.15, 0.2) is 30.1 Å². The highest BCUT2D eigenvalue weighted by molar-refractivity contribution is 7.28. The Bertz CT molecular complexity index is 277. The van der Waals surface area contributed by atoms with Crippen LogP contribution in [0.4, 0.5) is 0 Å². The Balaban J connectivity index is 2.77. The maximum absolute atomic E-state index is 10.1. The zero-order chi connectivity index (χ0) is 8.81. The minimum absolute atomic E-state index is 0.0318. The van der Waals surface area contributed by atoms with E-state index in [0.717, 1.165) is 11.3 Å². The van der Waals surface area contributed by atoms with Crippen LogP contribution in [-0.4, -0.2) is 7.11 Å². The predicted molar refractivity (Wildman–Crippen MR) is 49.6 cm³/mol. The molecule has 0 aliphatic heterocycles. The van der Waals surface area contributed by atoms with E-state index in [4.69, 9.17) is 4.74 Å². The third kappa shape index (κ3) is 2.48. The summed E-state index contributed by atoms with van der Waals surface area (Å²) in [5.74, 6) is 2.38. The molecule has 0 N–H and O–H groups in total. The molecule has 0 aliphatic rings. The van der Waals surface area contributed by atoms with Crippen LogP contribution in [0.3, 0.4) is 0 Å². The number of hydrogen-bond acceptors (Lipinski definition) is 2. The van der Waals surface area contributed by atoms with E-state index < -0.39 is 0 Å². The molecule has 2 nitrogen and oxygen atoms in total. The van der Waals surface area contributed by atoms with Crippen LogP contribution in [-0.2, 0) is 4.57 Å². The van der Waals surface area contributed by atoms with Gasteiger partial charge in [-0.25, -0.2) is 0 Å². The highest BCUT2D eigenvalue weighted by atomic mass is 31.1. The van der Waals surface area contributed by atoms with Crippen LogP contribution in [0.5, 0.6) is 5.75 Å². The highest BCUT2D eigenvalue weighted by Crippen LogP contribution is 2.13. The SMILES string of the molecule is COc1ccc(C=CP=O)cc1. The molecule has 0 saturated heterocycles. The van der Waals surface area contributed by atoms with Gasteiger partial charge in [0.1, 0.15) is 5.75 Å². The lowest BCUT2D eigenvalue weighted by atomic mass is 10.2. The van der Waals surface area contributed by atoms with E-state index in [1.54, 1.807) is 19.0 Å². The van der Waals surface area contributed by atoms with Crippen molar-refractivity contribution in [1.82, 2.24) is 0 Å². The largest absolute Gasteiger partial charge is 0.497 e. The molecular weight excluding hydrogens is 171 g/mol. The smallest absolute Gasteiger partial charge is 0.184 e. The van der Waals surface area contributed by atoms with Crippen molar-refractivity contribution in [3.8, 4) is 5.75 Å². The standard InChI is InChI=1S/C9H9O2P/c1-11-9-4-2-8(3-5-9)6-7-12-10/h2-7H,1H3. The van der Waals surface area contributed by atoms with Gasteiger partial charge in [-0.3, -0.25) is 4.57 Å². The van der Waals surface area contributed by atoms with E-state index in [-0.39, 0.29) is 8.46 Å². The van der Waals surface area contributed by atoms with E-state index in [1.807, 2.05) is 24.3 Å². The Morgan fingerprint density at radius 1 is 1.33 bits per heavy atom. The summed E-state index contributed by atoms with van der Waals surface area (Å²) in [5, 5.41) is 0. The average molecular weight is 180 g/mol. The van der Waals surface area contributed by atoms with Gasteiger partial charge in [-0.1, -0.05) is 12.1 Å². The Morgan fingerprint density at radius 3 is 2.50 bits per heavy atom. The zero-order valence-electron chi connectivity index (χ0n) is 6.73. The van der Waals surface area contributed by atoms with Crippen LogP contribution in [0.25, 0.3) is 6.08 Å². The average Bonchev–Trinajstić information content (AvgIpc) is 2.15. The van der Waals surface area contributed by atoms with Crippen molar-refractivity contribution in [2.24, 2.45) is 0 Å². The van der Waals surface area contributed by atoms with Crippen molar-refractivity contribution < 1.29 is 9.30 Å². The molecule has 0 aromatic heterocycles. The molecule has 0 atom stereocenters. The molecule has 0 heterocycles. The molecule has 1 aromatic rings. The second-order valence-corrected chi connectivity index (χ2v) is 2.70. The van der Waals surface area contributed by atoms with E-state index in [9.17, 15) is 4.57 Å². The van der Waals surface area contributed by atoms with Crippen LogP contribution >= 0.6 is 8.46 Å². The van der Waals surface area contributed by atoms with E-state index >= 15 is 0 Å². The summed E-state index contributed by atoms with van der Waals surface area (Å²) < 4.78 is 15.1. The van der Waals surface area contributed by atoms with Gasteiger partial charge >= 0.3 is 0 Å². The normalized spacial score (nSPS) is 10.8. The monoisotopic (exact) mass is 180 g/mol. The van der Waals surface area contributed by atoms with Gasteiger partial charge in [-0.05, 0) is 23.8 Å². The Hall–Kier alpha value is -1.14. The third-order valence-corrected chi connectivity index (χ3v) is 1.71. The highest BCUT2D eigenvalue weighted by Gasteiger charge is 1.88. The zero-order valence-corrected chi connectivity index (χ0v) is 7.62. The Labute approximate surface area is 73.1 Å². The Kier molecular flexibility index (Phi) is 3.49. The molecule has 12 heavy (non-hydrogen) atoms. The van der Waals surface area contributed by atoms with Gasteiger partial charge in [-0.2, -0.15) is 0 Å². The number of hydrogen-bond donors (Lipinski definition) is 0. The molecule has 0 unspecified atom stereocenters. The number of methoxy groups -OCH3 is 1. The lowest BCUT2D eigenvalue weighted by Crippen LogP contribution is -1.80. The summed E-state index contributed by atoms with van der Waals surface area (Å²) in [6.07, 6.45) is 1.79. The molecule has 0 aliphatic carbocycles. The van der Waals surface area contributed by atoms with E-state index in [2.05, 4.69) is 0 Å².